The van der Waals surface area contributed by atoms with E-state index in [2.05, 4.69) is 24.1 Å². The molecule has 144 valence electrons. The summed E-state index contributed by atoms with van der Waals surface area (Å²) < 4.78 is 11.1. The van der Waals surface area contributed by atoms with Crippen LogP contribution in [0, 0.1) is 0 Å². The molecule has 1 saturated heterocycles. The SMILES string of the molecule is CCOC(=O)c1c(NC(=S)N2C[C@@H](C)O[C@H](C)C2)sc2c1CCCCC2. The lowest BCUT2D eigenvalue weighted by molar-refractivity contribution is -0.0473. The number of nitrogens with zero attached hydrogens (tertiary/aromatic N) is 1. The Balaban J connectivity index is 1.84. The van der Waals surface area contributed by atoms with E-state index in [1.54, 1.807) is 11.3 Å². The van der Waals surface area contributed by atoms with Crippen molar-refractivity contribution in [2.24, 2.45) is 0 Å². The molecule has 1 N–H and O–H groups in total. The van der Waals surface area contributed by atoms with Crippen LogP contribution in [0.1, 0.15) is 60.8 Å². The molecule has 2 heterocycles. The third-order valence-electron chi connectivity index (χ3n) is 4.83. The van der Waals surface area contributed by atoms with Gasteiger partial charge in [0.15, 0.2) is 5.11 Å². The van der Waals surface area contributed by atoms with Crippen LogP contribution < -0.4 is 5.32 Å². The summed E-state index contributed by atoms with van der Waals surface area (Å²) in [6.45, 7) is 7.86. The van der Waals surface area contributed by atoms with E-state index < -0.39 is 0 Å². The normalized spacial score (nSPS) is 23.1. The average Bonchev–Trinajstić information content (AvgIpc) is 2.75. The summed E-state index contributed by atoms with van der Waals surface area (Å²) in [5.41, 5.74) is 1.87. The number of ether oxygens (including phenoxy) is 2. The summed E-state index contributed by atoms with van der Waals surface area (Å²) in [6.07, 6.45) is 5.78. The lowest BCUT2D eigenvalue weighted by atomic mass is 10.1. The van der Waals surface area contributed by atoms with Crippen LogP contribution in [0.25, 0.3) is 0 Å². The lowest BCUT2D eigenvalue weighted by Gasteiger charge is -2.36. The number of carbonyl (C=O) groups is 1. The van der Waals surface area contributed by atoms with Gasteiger partial charge in [0, 0.05) is 18.0 Å². The van der Waals surface area contributed by atoms with Gasteiger partial charge in [0.1, 0.15) is 5.00 Å². The van der Waals surface area contributed by atoms with Gasteiger partial charge in [-0.3, -0.25) is 0 Å². The molecular formula is C19H28N2O3S2. The number of carbonyl (C=O) groups excluding carboxylic acids is 1. The third kappa shape index (κ3) is 4.38. The Morgan fingerprint density at radius 3 is 2.65 bits per heavy atom. The van der Waals surface area contributed by atoms with Crippen LogP contribution in [-0.2, 0) is 22.3 Å². The molecule has 3 rings (SSSR count). The van der Waals surface area contributed by atoms with E-state index in [-0.39, 0.29) is 18.2 Å². The first-order valence-corrected chi connectivity index (χ1v) is 10.7. The predicted molar refractivity (Wildman–Crippen MR) is 109 cm³/mol. The molecule has 0 bridgehead atoms. The highest BCUT2D eigenvalue weighted by Gasteiger charge is 2.28. The largest absolute Gasteiger partial charge is 0.462 e. The lowest BCUT2D eigenvalue weighted by Crippen LogP contribution is -2.49. The zero-order chi connectivity index (χ0) is 18.7. The number of fused-ring (bicyclic) bond motifs is 1. The fraction of sp³-hybridized carbons (Fsp3) is 0.684. The Labute approximate surface area is 165 Å². The highest BCUT2D eigenvalue weighted by atomic mass is 32.1. The molecule has 1 aromatic heterocycles. The van der Waals surface area contributed by atoms with Crippen molar-refractivity contribution in [3.05, 3.63) is 16.0 Å². The van der Waals surface area contributed by atoms with Crippen molar-refractivity contribution in [1.82, 2.24) is 4.90 Å². The van der Waals surface area contributed by atoms with Crippen LogP contribution in [0.3, 0.4) is 0 Å². The van der Waals surface area contributed by atoms with Crippen molar-refractivity contribution < 1.29 is 14.3 Å². The van der Waals surface area contributed by atoms with Crippen LogP contribution in [-0.4, -0.2) is 47.9 Å². The van der Waals surface area contributed by atoms with E-state index >= 15 is 0 Å². The van der Waals surface area contributed by atoms with Gasteiger partial charge in [-0.1, -0.05) is 6.42 Å². The molecule has 1 aromatic rings. The molecule has 2 aliphatic rings. The second-order valence-electron chi connectivity index (χ2n) is 7.08. The highest BCUT2D eigenvalue weighted by molar-refractivity contribution is 7.80. The summed E-state index contributed by atoms with van der Waals surface area (Å²) in [5, 5.41) is 4.86. The fourth-order valence-corrected chi connectivity index (χ4v) is 5.36. The smallest absolute Gasteiger partial charge is 0.341 e. The maximum Gasteiger partial charge on any atom is 0.341 e. The van der Waals surface area contributed by atoms with Crippen LogP contribution in [0.15, 0.2) is 0 Å². The highest BCUT2D eigenvalue weighted by Crippen LogP contribution is 2.38. The Kier molecular flexibility index (Phi) is 6.53. The summed E-state index contributed by atoms with van der Waals surface area (Å²) in [6, 6.07) is 0. The fourth-order valence-electron chi connectivity index (χ4n) is 3.77. The number of nitrogens with one attached hydrogen (secondary N) is 1. The number of morpholine rings is 1. The monoisotopic (exact) mass is 396 g/mol. The maximum absolute atomic E-state index is 12.6. The standard InChI is InChI=1S/C19H28N2O3S2/c1-4-23-18(22)16-14-8-6-5-7-9-15(14)26-17(16)20-19(25)21-10-12(2)24-13(3)11-21/h12-13H,4-11H2,1-3H3,(H,20,25)/t12-,13-/m1/s1. The summed E-state index contributed by atoms with van der Waals surface area (Å²) in [5.74, 6) is -0.235. The number of aryl methyl sites for hydroxylation is 1. The third-order valence-corrected chi connectivity index (χ3v) is 6.40. The summed E-state index contributed by atoms with van der Waals surface area (Å²) in [7, 11) is 0. The van der Waals surface area contributed by atoms with Gasteiger partial charge in [-0.25, -0.2) is 4.79 Å². The molecule has 2 atom stereocenters. The minimum Gasteiger partial charge on any atom is -0.462 e. The van der Waals surface area contributed by atoms with Crippen molar-refractivity contribution in [3.63, 3.8) is 0 Å². The molecule has 0 spiro atoms. The maximum atomic E-state index is 12.6. The predicted octanol–water partition coefficient (Wildman–Crippen LogP) is 4.00. The average molecular weight is 397 g/mol. The van der Waals surface area contributed by atoms with Gasteiger partial charge in [0.05, 0.1) is 24.4 Å². The van der Waals surface area contributed by atoms with Gasteiger partial charge in [0.2, 0.25) is 0 Å². The second kappa shape index (κ2) is 8.67. The molecular weight excluding hydrogens is 368 g/mol. The molecule has 0 aromatic carbocycles. The number of rotatable bonds is 3. The zero-order valence-corrected chi connectivity index (χ0v) is 17.4. The van der Waals surface area contributed by atoms with Crippen molar-refractivity contribution in [1.29, 1.82) is 0 Å². The van der Waals surface area contributed by atoms with E-state index in [4.69, 9.17) is 21.7 Å². The number of hydrogen-bond donors (Lipinski definition) is 1. The van der Waals surface area contributed by atoms with Crippen molar-refractivity contribution >= 4 is 39.6 Å². The first-order chi connectivity index (χ1) is 12.5. The van der Waals surface area contributed by atoms with Crippen molar-refractivity contribution in [2.75, 3.05) is 25.0 Å². The number of esters is 1. The topological polar surface area (TPSA) is 50.8 Å². The minimum atomic E-state index is -0.235. The second-order valence-corrected chi connectivity index (χ2v) is 8.57. The van der Waals surface area contributed by atoms with E-state index in [9.17, 15) is 4.79 Å². The van der Waals surface area contributed by atoms with Gasteiger partial charge >= 0.3 is 5.97 Å². The van der Waals surface area contributed by atoms with Gasteiger partial charge < -0.3 is 19.7 Å². The number of anilines is 1. The first kappa shape index (κ1) is 19.6. The van der Waals surface area contributed by atoms with Crippen LogP contribution in [0.2, 0.25) is 0 Å². The molecule has 26 heavy (non-hydrogen) atoms. The van der Waals surface area contributed by atoms with E-state index in [0.29, 0.717) is 17.3 Å². The van der Waals surface area contributed by atoms with Gasteiger partial charge in [-0.05, 0) is 64.2 Å². The van der Waals surface area contributed by atoms with Crippen molar-refractivity contribution in [3.8, 4) is 0 Å². The molecule has 7 heteroatoms. The Morgan fingerprint density at radius 1 is 1.27 bits per heavy atom. The Morgan fingerprint density at radius 2 is 1.96 bits per heavy atom. The molecule has 1 aliphatic carbocycles. The molecule has 1 aliphatic heterocycles. The molecule has 0 unspecified atom stereocenters. The van der Waals surface area contributed by atoms with E-state index in [0.717, 1.165) is 37.4 Å². The van der Waals surface area contributed by atoms with Gasteiger partial charge in [-0.15, -0.1) is 11.3 Å². The quantitative estimate of drug-likeness (QED) is 0.473. The van der Waals surface area contributed by atoms with Gasteiger partial charge in [0.25, 0.3) is 0 Å². The molecule has 5 nitrogen and oxygen atoms in total. The summed E-state index contributed by atoms with van der Waals surface area (Å²) in [4.78, 5) is 16.1. The molecule has 0 amide bonds. The van der Waals surface area contributed by atoms with E-state index in [1.165, 1.54) is 23.3 Å². The van der Waals surface area contributed by atoms with Crippen LogP contribution in [0.5, 0.6) is 0 Å². The van der Waals surface area contributed by atoms with E-state index in [1.807, 2.05) is 6.92 Å². The number of thiocarbonyl (C=S) groups is 1. The molecule has 0 saturated carbocycles. The number of thiophene rings is 1. The molecule has 0 radical (unpaired) electrons. The number of hydrogen-bond acceptors (Lipinski definition) is 5. The first-order valence-electron chi connectivity index (χ1n) is 9.52. The molecule has 1 fully saturated rings. The summed E-state index contributed by atoms with van der Waals surface area (Å²) >= 11 is 7.32. The van der Waals surface area contributed by atoms with Gasteiger partial charge in [-0.2, -0.15) is 0 Å². The van der Waals surface area contributed by atoms with Crippen LogP contribution >= 0.6 is 23.6 Å². The Bertz CT molecular complexity index is 664. The van der Waals surface area contributed by atoms with Crippen LogP contribution in [0.4, 0.5) is 5.00 Å². The zero-order valence-electron chi connectivity index (χ0n) is 15.8. The van der Waals surface area contributed by atoms with Crippen molar-refractivity contribution in [2.45, 2.75) is 65.1 Å². The Hall–Kier alpha value is -1.18. The minimum absolute atomic E-state index is 0.142.